The van der Waals surface area contributed by atoms with E-state index in [1.54, 1.807) is 43.3 Å². The minimum absolute atomic E-state index is 0.141. The van der Waals surface area contributed by atoms with Gasteiger partial charge in [0.05, 0.1) is 18.2 Å². The molecule has 1 amide bonds. The summed E-state index contributed by atoms with van der Waals surface area (Å²) in [5, 5.41) is 15.4. The minimum Gasteiger partial charge on any atom is -0.497 e. The van der Waals surface area contributed by atoms with Crippen molar-refractivity contribution in [3.63, 3.8) is 0 Å². The molecule has 2 aromatic heterocycles. The van der Waals surface area contributed by atoms with E-state index < -0.39 is 5.41 Å². The van der Waals surface area contributed by atoms with Crippen molar-refractivity contribution in [2.75, 3.05) is 19.1 Å². The lowest BCUT2D eigenvalue weighted by atomic mass is 9.68. The molecule has 7 rings (SSSR count). The van der Waals surface area contributed by atoms with Gasteiger partial charge >= 0.3 is 0 Å². The molecule has 2 aliphatic heterocycles. The normalized spacial score (nSPS) is 17.6. The Balaban J connectivity index is 1.60. The summed E-state index contributed by atoms with van der Waals surface area (Å²) >= 11 is 3.53. The van der Waals surface area contributed by atoms with E-state index in [1.165, 1.54) is 10.8 Å². The van der Waals surface area contributed by atoms with Gasteiger partial charge in [-0.15, -0.1) is 5.10 Å². The molecular weight excluding hydrogens is 572 g/mol. The van der Waals surface area contributed by atoms with Crippen LogP contribution in [0.5, 0.6) is 11.6 Å². The van der Waals surface area contributed by atoms with Crippen molar-refractivity contribution in [2.24, 2.45) is 0 Å². The molecule has 0 saturated heterocycles. The molecule has 194 valence electrons. The van der Waals surface area contributed by atoms with Crippen molar-refractivity contribution >= 4 is 38.9 Å². The van der Waals surface area contributed by atoms with Crippen LogP contribution in [0.15, 0.2) is 89.2 Å². The molecule has 0 fully saturated rings. The number of benzene rings is 3. The largest absolute Gasteiger partial charge is 0.497 e. The first-order chi connectivity index (χ1) is 19.5. The maximum Gasteiger partial charge on any atom is 0.247 e. The van der Waals surface area contributed by atoms with Crippen LogP contribution in [0.4, 0.5) is 5.69 Å². The number of anilines is 1. The minimum atomic E-state index is -1.57. The average molecular weight is 591 g/mol. The molecule has 1 spiro atoms. The van der Waals surface area contributed by atoms with E-state index >= 15 is 0 Å². The monoisotopic (exact) mass is 590 g/mol. The molecule has 0 N–H and O–H groups in total. The van der Waals surface area contributed by atoms with E-state index in [0.717, 1.165) is 10.0 Å². The van der Waals surface area contributed by atoms with Gasteiger partial charge < -0.3 is 14.4 Å². The number of halogens is 1. The Kier molecular flexibility index (Phi) is 5.27. The summed E-state index contributed by atoms with van der Waals surface area (Å²) in [6.07, 6.45) is 1.51. The molecular formula is C30H19BrN6O3. The smallest absolute Gasteiger partial charge is 0.247 e. The highest BCUT2D eigenvalue weighted by molar-refractivity contribution is 9.10. The third-order valence-electron chi connectivity index (χ3n) is 7.38. The fourth-order valence-corrected chi connectivity index (χ4v) is 5.89. The Hall–Kier alpha value is -5.01. The predicted molar refractivity (Wildman–Crippen MR) is 151 cm³/mol. The standard InChI is InChI=1S/C30H19BrN6O3/c1-36-23-14-19(31)10-13-21(23)30(29(36)38)22(15-32)25(17-8-11-20(39-2)12-9-17)40-28-24(30)27-34-26(35-37(27)16-33-28)18-6-4-3-5-7-18/h3-14,16H,1-2H3/t30-/m0/s1. The van der Waals surface area contributed by atoms with E-state index in [2.05, 4.69) is 32.1 Å². The Labute approximate surface area is 237 Å². The van der Waals surface area contributed by atoms with Crippen LogP contribution in [0.3, 0.4) is 0 Å². The van der Waals surface area contributed by atoms with Crippen LogP contribution >= 0.6 is 15.9 Å². The second-order valence-electron chi connectivity index (χ2n) is 9.42. The number of nitrogens with zero attached hydrogens (tertiary/aromatic N) is 6. The van der Waals surface area contributed by atoms with Gasteiger partial charge in [-0.3, -0.25) is 4.79 Å². The number of nitriles is 1. The number of amides is 1. The fourth-order valence-electron chi connectivity index (χ4n) is 5.54. The van der Waals surface area contributed by atoms with Crippen molar-refractivity contribution in [3.05, 3.63) is 106 Å². The lowest BCUT2D eigenvalue weighted by Crippen LogP contribution is -2.44. The topological polar surface area (TPSA) is 106 Å². The van der Waals surface area contributed by atoms with Crippen LogP contribution < -0.4 is 14.4 Å². The van der Waals surface area contributed by atoms with Crippen LogP contribution in [0.25, 0.3) is 22.8 Å². The molecule has 0 aliphatic carbocycles. The molecule has 4 heterocycles. The summed E-state index contributed by atoms with van der Waals surface area (Å²) in [6, 6.07) is 24.6. The van der Waals surface area contributed by atoms with Gasteiger partial charge in [0.15, 0.2) is 17.2 Å². The van der Waals surface area contributed by atoms with Crippen molar-refractivity contribution in [1.82, 2.24) is 19.6 Å². The quantitative estimate of drug-likeness (QED) is 0.286. The molecule has 0 unspecified atom stereocenters. The number of hydrogen-bond acceptors (Lipinski definition) is 7. The first-order valence-electron chi connectivity index (χ1n) is 12.3. The molecule has 0 saturated carbocycles. The van der Waals surface area contributed by atoms with Gasteiger partial charge in [-0.05, 0) is 36.4 Å². The molecule has 5 aromatic rings. The lowest BCUT2D eigenvalue weighted by Gasteiger charge is -2.34. The Bertz CT molecular complexity index is 1930. The summed E-state index contributed by atoms with van der Waals surface area (Å²) in [7, 11) is 3.28. The van der Waals surface area contributed by atoms with E-state index in [1.807, 2.05) is 48.5 Å². The van der Waals surface area contributed by atoms with Gasteiger partial charge in [0, 0.05) is 33.9 Å². The van der Waals surface area contributed by atoms with Crippen molar-refractivity contribution in [2.45, 2.75) is 5.41 Å². The summed E-state index contributed by atoms with van der Waals surface area (Å²) in [6.45, 7) is 0. The molecule has 40 heavy (non-hydrogen) atoms. The highest BCUT2D eigenvalue weighted by atomic mass is 79.9. The molecule has 3 aromatic carbocycles. The number of rotatable bonds is 3. The van der Waals surface area contributed by atoms with E-state index in [-0.39, 0.29) is 23.1 Å². The van der Waals surface area contributed by atoms with Gasteiger partial charge in [0.2, 0.25) is 11.8 Å². The van der Waals surface area contributed by atoms with Gasteiger partial charge in [-0.2, -0.15) is 5.26 Å². The van der Waals surface area contributed by atoms with Crippen LogP contribution in [0, 0.1) is 11.3 Å². The lowest BCUT2D eigenvalue weighted by molar-refractivity contribution is -0.120. The molecule has 2 aliphatic rings. The highest BCUT2D eigenvalue weighted by Gasteiger charge is 2.60. The number of fused-ring (bicyclic) bond motifs is 6. The second-order valence-corrected chi connectivity index (χ2v) is 10.3. The zero-order valence-corrected chi connectivity index (χ0v) is 22.9. The molecule has 1 atom stereocenters. The summed E-state index contributed by atoms with van der Waals surface area (Å²) < 4.78 is 14.0. The van der Waals surface area contributed by atoms with Crippen LogP contribution in [-0.4, -0.2) is 39.6 Å². The van der Waals surface area contributed by atoms with Gasteiger partial charge in [-0.25, -0.2) is 14.5 Å². The molecule has 0 radical (unpaired) electrons. The van der Waals surface area contributed by atoms with Crippen molar-refractivity contribution in [1.29, 1.82) is 5.26 Å². The highest BCUT2D eigenvalue weighted by Crippen LogP contribution is 2.57. The summed E-state index contributed by atoms with van der Waals surface area (Å²) in [4.78, 5) is 25.6. The Morgan fingerprint density at radius 3 is 2.55 bits per heavy atom. The number of hydrogen-bond donors (Lipinski definition) is 0. The molecule has 9 nitrogen and oxygen atoms in total. The fraction of sp³-hybridized carbons (Fsp3) is 0.100. The average Bonchev–Trinajstić information content (AvgIpc) is 3.52. The zero-order valence-electron chi connectivity index (χ0n) is 21.3. The maximum atomic E-state index is 14.5. The van der Waals surface area contributed by atoms with E-state index in [4.69, 9.17) is 14.5 Å². The first kappa shape index (κ1) is 24.1. The number of likely N-dealkylation sites (N-methyl/N-ethyl adjacent to an activating group) is 1. The number of methoxy groups -OCH3 is 1. The van der Waals surface area contributed by atoms with Crippen LogP contribution in [-0.2, 0) is 10.2 Å². The van der Waals surface area contributed by atoms with Crippen molar-refractivity contribution in [3.8, 4) is 29.1 Å². The third kappa shape index (κ3) is 3.18. The second kappa shape index (κ2) is 8.76. The van der Waals surface area contributed by atoms with E-state index in [9.17, 15) is 10.1 Å². The maximum absolute atomic E-state index is 14.5. The van der Waals surface area contributed by atoms with Gasteiger partial charge in [-0.1, -0.05) is 52.3 Å². The van der Waals surface area contributed by atoms with Gasteiger partial charge in [0.1, 0.15) is 23.6 Å². The summed E-state index contributed by atoms with van der Waals surface area (Å²) in [5.74, 6) is 1.23. The number of ether oxygens (including phenoxy) is 2. The van der Waals surface area contributed by atoms with E-state index in [0.29, 0.717) is 39.6 Å². The molecule has 10 heteroatoms. The zero-order chi connectivity index (χ0) is 27.6. The Morgan fingerprint density at radius 1 is 1.05 bits per heavy atom. The van der Waals surface area contributed by atoms with Gasteiger partial charge in [0.25, 0.3) is 0 Å². The number of carbonyl (C=O) groups is 1. The number of aromatic nitrogens is 4. The van der Waals surface area contributed by atoms with Crippen LogP contribution in [0.2, 0.25) is 0 Å². The Morgan fingerprint density at radius 2 is 1.82 bits per heavy atom. The predicted octanol–water partition coefficient (Wildman–Crippen LogP) is 5.15. The molecule has 0 bridgehead atoms. The SMILES string of the molecule is COc1ccc(C2=C(C#N)[C@]3(C(=O)N(C)c4cc(Br)ccc43)c3c(ncn4nc(-c5ccccc5)nc34)O2)cc1. The van der Waals surface area contributed by atoms with Crippen molar-refractivity contribution < 1.29 is 14.3 Å². The first-order valence-corrected chi connectivity index (χ1v) is 13.1. The number of carbonyl (C=O) groups excluding carboxylic acids is 1. The summed E-state index contributed by atoms with van der Waals surface area (Å²) in [5.41, 5.74) is 2.03. The third-order valence-corrected chi connectivity index (χ3v) is 7.87. The van der Waals surface area contributed by atoms with Crippen LogP contribution in [0.1, 0.15) is 16.7 Å².